The zero-order chi connectivity index (χ0) is 24.5. The van der Waals surface area contributed by atoms with E-state index in [1.807, 2.05) is 19.9 Å². The Labute approximate surface area is 207 Å². The second-order valence-electron chi connectivity index (χ2n) is 7.26. The van der Waals surface area contributed by atoms with Crippen molar-refractivity contribution in [3.8, 4) is 17.6 Å². The first-order valence-corrected chi connectivity index (χ1v) is 11.6. The highest BCUT2D eigenvalue weighted by molar-refractivity contribution is 9.10. The third-order valence-electron chi connectivity index (χ3n) is 4.90. The molecule has 1 N–H and O–H groups in total. The standard InChI is InChI=1S/C27H24BrFN2O3/c1-3-33-22-11-9-21(10-12-22)31-27(32)20(17-30)13-18-14-24(28)23(26(15-18)34-4-2)16-19-7-5-6-8-25(19)29/h5-15H,3-4,16H2,1-2H3,(H,31,32)/b20-13+. The van der Waals surface area contributed by atoms with Crippen LogP contribution in [0.3, 0.4) is 0 Å². The van der Waals surface area contributed by atoms with Crippen LogP contribution in [-0.4, -0.2) is 19.1 Å². The number of hydrogen-bond acceptors (Lipinski definition) is 4. The minimum atomic E-state index is -0.531. The molecule has 3 aromatic rings. The largest absolute Gasteiger partial charge is 0.494 e. The number of amides is 1. The van der Waals surface area contributed by atoms with Crippen LogP contribution in [-0.2, 0) is 11.2 Å². The van der Waals surface area contributed by atoms with Gasteiger partial charge >= 0.3 is 0 Å². The van der Waals surface area contributed by atoms with Crippen LogP contribution < -0.4 is 14.8 Å². The van der Waals surface area contributed by atoms with Crippen molar-refractivity contribution in [3.63, 3.8) is 0 Å². The lowest BCUT2D eigenvalue weighted by atomic mass is 10.0. The summed E-state index contributed by atoms with van der Waals surface area (Å²) in [5.41, 5.74) is 2.41. The Kier molecular flexibility index (Phi) is 8.83. The Balaban J connectivity index is 1.86. The molecule has 1 amide bonds. The first-order valence-electron chi connectivity index (χ1n) is 10.8. The fourth-order valence-corrected chi connectivity index (χ4v) is 3.92. The van der Waals surface area contributed by atoms with Crippen LogP contribution in [0.5, 0.6) is 11.5 Å². The van der Waals surface area contributed by atoms with Gasteiger partial charge in [-0.2, -0.15) is 5.26 Å². The molecule has 0 heterocycles. The van der Waals surface area contributed by atoms with Crippen LogP contribution >= 0.6 is 15.9 Å². The lowest BCUT2D eigenvalue weighted by Gasteiger charge is -2.14. The second-order valence-corrected chi connectivity index (χ2v) is 8.12. The summed E-state index contributed by atoms with van der Waals surface area (Å²) >= 11 is 3.55. The third-order valence-corrected chi connectivity index (χ3v) is 5.61. The highest BCUT2D eigenvalue weighted by Crippen LogP contribution is 2.33. The number of nitrogens with zero attached hydrogens (tertiary/aromatic N) is 1. The fourth-order valence-electron chi connectivity index (χ4n) is 3.32. The topological polar surface area (TPSA) is 71.3 Å². The van der Waals surface area contributed by atoms with Gasteiger partial charge < -0.3 is 14.8 Å². The summed E-state index contributed by atoms with van der Waals surface area (Å²) in [6.07, 6.45) is 1.82. The quantitative estimate of drug-likeness (QED) is 0.256. The first kappa shape index (κ1) is 25.0. The van der Waals surface area contributed by atoms with Gasteiger partial charge in [-0.15, -0.1) is 0 Å². The molecule has 0 saturated heterocycles. The van der Waals surface area contributed by atoms with Gasteiger partial charge in [0.25, 0.3) is 5.91 Å². The molecule has 7 heteroatoms. The molecule has 0 spiro atoms. The smallest absolute Gasteiger partial charge is 0.266 e. The van der Waals surface area contributed by atoms with Gasteiger partial charge in [-0.3, -0.25) is 4.79 Å². The van der Waals surface area contributed by atoms with E-state index in [-0.39, 0.29) is 11.4 Å². The molecule has 0 aliphatic rings. The molecular weight excluding hydrogens is 499 g/mol. The molecule has 5 nitrogen and oxygen atoms in total. The predicted molar refractivity (Wildman–Crippen MR) is 134 cm³/mol. The van der Waals surface area contributed by atoms with E-state index in [0.29, 0.717) is 52.4 Å². The molecule has 34 heavy (non-hydrogen) atoms. The van der Waals surface area contributed by atoms with Crippen molar-refractivity contribution in [3.05, 3.63) is 93.2 Å². The van der Waals surface area contributed by atoms with Gasteiger partial charge in [0.2, 0.25) is 0 Å². The molecule has 0 unspecified atom stereocenters. The van der Waals surface area contributed by atoms with Gasteiger partial charge in [-0.05, 0) is 73.5 Å². The number of carbonyl (C=O) groups is 1. The Bertz CT molecular complexity index is 1230. The number of halogens is 2. The second kappa shape index (κ2) is 12.0. The monoisotopic (exact) mass is 522 g/mol. The van der Waals surface area contributed by atoms with Crippen molar-refractivity contribution in [2.75, 3.05) is 18.5 Å². The van der Waals surface area contributed by atoms with Gasteiger partial charge in [0, 0.05) is 22.1 Å². The summed E-state index contributed by atoms with van der Waals surface area (Å²) in [7, 11) is 0. The van der Waals surface area contributed by atoms with E-state index in [1.165, 1.54) is 12.1 Å². The number of benzene rings is 3. The zero-order valence-corrected chi connectivity index (χ0v) is 20.5. The lowest BCUT2D eigenvalue weighted by Crippen LogP contribution is -2.13. The van der Waals surface area contributed by atoms with E-state index in [9.17, 15) is 14.4 Å². The maximum Gasteiger partial charge on any atom is 0.266 e. The average Bonchev–Trinajstić information content (AvgIpc) is 2.82. The number of carbonyl (C=O) groups excluding carboxylic acids is 1. The van der Waals surface area contributed by atoms with E-state index in [4.69, 9.17) is 9.47 Å². The van der Waals surface area contributed by atoms with E-state index in [1.54, 1.807) is 54.6 Å². The summed E-state index contributed by atoms with van der Waals surface area (Å²) in [6, 6.07) is 19.0. The Morgan fingerprint density at radius 3 is 2.44 bits per heavy atom. The number of nitriles is 1. The summed E-state index contributed by atoms with van der Waals surface area (Å²) in [5, 5.41) is 12.3. The van der Waals surface area contributed by atoms with Gasteiger partial charge in [-0.25, -0.2) is 4.39 Å². The van der Waals surface area contributed by atoms with Gasteiger partial charge in [0.1, 0.15) is 29.0 Å². The molecule has 0 aliphatic heterocycles. The fraction of sp³-hybridized carbons (Fsp3) is 0.185. The number of ether oxygens (including phenoxy) is 2. The van der Waals surface area contributed by atoms with Gasteiger partial charge in [0.05, 0.1) is 13.2 Å². The highest BCUT2D eigenvalue weighted by atomic mass is 79.9. The van der Waals surface area contributed by atoms with Crippen LogP contribution in [0.15, 0.2) is 70.7 Å². The van der Waals surface area contributed by atoms with Crippen molar-refractivity contribution >= 4 is 33.6 Å². The van der Waals surface area contributed by atoms with E-state index in [2.05, 4.69) is 21.2 Å². The van der Waals surface area contributed by atoms with Crippen LogP contribution in [0.25, 0.3) is 6.08 Å². The predicted octanol–water partition coefficient (Wildman–Crippen LogP) is 6.52. The molecule has 174 valence electrons. The van der Waals surface area contributed by atoms with Crippen LogP contribution in [0.2, 0.25) is 0 Å². The third kappa shape index (κ3) is 6.46. The molecule has 0 radical (unpaired) electrons. The van der Waals surface area contributed by atoms with Crippen molar-refractivity contribution in [1.29, 1.82) is 5.26 Å². The zero-order valence-electron chi connectivity index (χ0n) is 18.9. The van der Waals surface area contributed by atoms with Crippen molar-refractivity contribution < 1.29 is 18.7 Å². The van der Waals surface area contributed by atoms with E-state index in [0.717, 1.165) is 5.56 Å². The number of hydrogen-bond donors (Lipinski definition) is 1. The van der Waals surface area contributed by atoms with Crippen molar-refractivity contribution in [2.45, 2.75) is 20.3 Å². The van der Waals surface area contributed by atoms with Crippen LogP contribution in [0.4, 0.5) is 10.1 Å². The van der Waals surface area contributed by atoms with Crippen LogP contribution in [0, 0.1) is 17.1 Å². The normalized spacial score (nSPS) is 11.0. The molecule has 0 atom stereocenters. The van der Waals surface area contributed by atoms with E-state index < -0.39 is 5.91 Å². The first-order chi connectivity index (χ1) is 16.4. The Hall–Kier alpha value is -3.63. The van der Waals surface area contributed by atoms with E-state index >= 15 is 0 Å². The number of nitrogens with one attached hydrogen (secondary N) is 1. The summed E-state index contributed by atoms with van der Waals surface area (Å²) in [4.78, 5) is 12.7. The number of anilines is 1. The lowest BCUT2D eigenvalue weighted by molar-refractivity contribution is -0.112. The molecule has 0 saturated carbocycles. The van der Waals surface area contributed by atoms with Crippen molar-refractivity contribution in [1.82, 2.24) is 0 Å². The summed E-state index contributed by atoms with van der Waals surface area (Å²) in [5.74, 6) is 0.422. The number of rotatable bonds is 9. The average molecular weight is 523 g/mol. The molecule has 0 aliphatic carbocycles. The Morgan fingerprint density at radius 2 is 1.79 bits per heavy atom. The molecule has 0 fully saturated rings. The molecule has 3 rings (SSSR count). The Morgan fingerprint density at radius 1 is 1.09 bits per heavy atom. The molecular formula is C27H24BrFN2O3. The maximum absolute atomic E-state index is 14.2. The minimum Gasteiger partial charge on any atom is -0.494 e. The summed E-state index contributed by atoms with van der Waals surface area (Å²) < 4.78 is 26.1. The molecule has 3 aromatic carbocycles. The van der Waals surface area contributed by atoms with Gasteiger partial charge in [0.15, 0.2) is 0 Å². The molecule has 0 bridgehead atoms. The van der Waals surface area contributed by atoms with Crippen molar-refractivity contribution in [2.24, 2.45) is 0 Å². The molecule has 0 aromatic heterocycles. The van der Waals surface area contributed by atoms with Gasteiger partial charge in [-0.1, -0.05) is 34.1 Å². The minimum absolute atomic E-state index is 0.0647. The maximum atomic E-state index is 14.2. The summed E-state index contributed by atoms with van der Waals surface area (Å²) in [6.45, 7) is 4.70. The van der Waals surface area contributed by atoms with Crippen LogP contribution in [0.1, 0.15) is 30.5 Å². The SMILES string of the molecule is CCOc1ccc(NC(=O)/C(C#N)=C/c2cc(Br)c(Cc3ccccc3F)c(OCC)c2)cc1. The highest BCUT2D eigenvalue weighted by Gasteiger charge is 2.15.